The van der Waals surface area contributed by atoms with Gasteiger partial charge in [-0.3, -0.25) is 19.1 Å². The average molecular weight is 838 g/mol. The lowest BCUT2D eigenvalue weighted by atomic mass is 10.0. The van der Waals surface area contributed by atoms with Gasteiger partial charge in [0.15, 0.2) is 5.60 Å². The van der Waals surface area contributed by atoms with Gasteiger partial charge in [-0.15, -0.1) is 0 Å². The van der Waals surface area contributed by atoms with Gasteiger partial charge in [-0.2, -0.15) is 0 Å². The lowest BCUT2D eigenvalue weighted by molar-refractivity contribution is -0.145. The number of ether oxygens (including phenoxy) is 4. The van der Waals surface area contributed by atoms with Crippen LogP contribution in [0, 0.1) is 11.7 Å². The largest absolute Gasteiger partial charge is 0.494 e. The van der Waals surface area contributed by atoms with Crippen molar-refractivity contribution in [2.45, 2.75) is 132 Å². The van der Waals surface area contributed by atoms with Crippen LogP contribution in [0.5, 0.6) is 11.6 Å². The molecule has 0 radical (unpaired) electrons. The Morgan fingerprint density at radius 2 is 1.91 bits per heavy atom. The normalized spacial score (nSPS) is 29.2. The molecular weight excluding hydrogens is 788 g/mol. The highest BCUT2D eigenvalue weighted by Gasteiger charge is 2.63. The Balaban J connectivity index is 1.38. The standard InChI is InChI=1S/C39H50F3N5O10S/c1-7-28-30(44-36(51)57-37(3,4)34(41)42)33(49)47-20-24(56-32-26-16-23(40)12-13-25(26)29(54-6)19-43-32)17-27(47)31(48)45-39(18-22(39)11-9-8-10-21(2)55-28)35(50)46-58(52,53)38(5)14-15-38/h9,11-13,16,19,21-22,24,27-28,30,34H,7-8,10,14-15,17-18,20H2,1-6H3,(H,44,51)(H,45,48)(H,46,50)/b11-9-/t21-,22-,24-,27+,28+,30+,39-/m1/s1. The summed E-state index contributed by atoms with van der Waals surface area (Å²) in [6.45, 7) is 6.72. The van der Waals surface area contributed by atoms with Gasteiger partial charge in [0, 0.05) is 17.7 Å². The summed E-state index contributed by atoms with van der Waals surface area (Å²) in [5.74, 6) is -3.47. The minimum absolute atomic E-state index is 0.0333. The molecule has 0 spiro atoms. The van der Waals surface area contributed by atoms with Crippen molar-refractivity contribution in [1.82, 2.24) is 25.2 Å². The predicted octanol–water partition coefficient (Wildman–Crippen LogP) is 4.28. The van der Waals surface area contributed by atoms with Crippen molar-refractivity contribution < 1.29 is 59.7 Å². The maximum absolute atomic E-state index is 14.8. The molecule has 1 aromatic heterocycles. The van der Waals surface area contributed by atoms with Crippen molar-refractivity contribution in [3.8, 4) is 11.6 Å². The number of benzene rings is 1. The molecule has 3 N–H and O–H groups in total. The summed E-state index contributed by atoms with van der Waals surface area (Å²) in [7, 11) is -2.68. The molecule has 4 aliphatic rings. The molecule has 2 saturated carbocycles. The minimum Gasteiger partial charge on any atom is -0.494 e. The lowest BCUT2D eigenvalue weighted by Gasteiger charge is -2.34. The Hall–Kier alpha value is -4.65. The Labute approximate surface area is 334 Å². The minimum atomic E-state index is -4.10. The van der Waals surface area contributed by atoms with Crippen molar-refractivity contribution in [3.63, 3.8) is 0 Å². The molecule has 0 unspecified atom stereocenters. The Kier molecular flexibility index (Phi) is 12.0. The van der Waals surface area contributed by atoms with Crippen LogP contribution in [0.25, 0.3) is 10.8 Å². The van der Waals surface area contributed by atoms with Crippen LogP contribution in [0.4, 0.5) is 18.0 Å². The summed E-state index contributed by atoms with van der Waals surface area (Å²) in [4.78, 5) is 61.9. The van der Waals surface area contributed by atoms with Crippen molar-refractivity contribution in [2.75, 3.05) is 13.7 Å². The van der Waals surface area contributed by atoms with Crippen molar-refractivity contribution in [2.24, 2.45) is 5.92 Å². The van der Waals surface area contributed by atoms with Crippen molar-refractivity contribution in [3.05, 3.63) is 42.4 Å². The van der Waals surface area contributed by atoms with E-state index in [1.807, 2.05) is 0 Å². The Morgan fingerprint density at radius 1 is 1.19 bits per heavy atom. The number of aromatic nitrogens is 1. The number of hydrogen-bond donors (Lipinski definition) is 3. The third-order valence-corrected chi connectivity index (χ3v) is 13.6. The van der Waals surface area contributed by atoms with Gasteiger partial charge >= 0.3 is 6.09 Å². The van der Waals surface area contributed by atoms with Crippen LogP contribution in [-0.4, -0.2) is 108 Å². The van der Waals surface area contributed by atoms with Crippen LogP contribution >= 0.6 is 0 Å². The number of halogens is 3. The third-order valence-electron chi connectivity index (χ3n) is 11.4. The second-order valence-corrected chi connectivity index (χ2v) is 18.5. The number of pyridine rings is 1. The van der Waals surface area contributed by atoms with E-state index in [4.69, 9.17) is 18.9 Å². The number of amides is 4. The van der Waals surface area contributed by atoms with Crippen molar-refractivity contribution in [1.29, 1.82) is 0 Å². The highest BCUT2D eigenvalue weighted by Crippen LogP contribution is 2.47. The van der Waals surface area contributed by atoms with Crippen LogP contribution in [0.2, 0.25) is 0 Å². The Bertz CT molecular complexity index is 2080. The molecule has 15 nitrogen and oxygen atoms in total. The highest BCUT2D eigenvalue weighted by molar-refractivity contribution is 7.91. The summed E-state index contributed by atoms with van der Waals surface area (Å²) in [5.41, 5.74) is -3.90. The van der Waals surface area contributed by atoms with Crippen molar-refractivity contribution >= 4 is 44.6 Å². The highest BCUT2D eigenvalue weighted by atomic mass is 32.2. The van der Waals surface area contributed by atoms with E-state index in [-0.39, 0.29) is 37.1 Å². The average Bonchev–Trinajstić information content (AvgIpc) is 4.04. The lowest BCUT2D eigenvalue weighted by Crippen LogP contribution is -2.61. The zero-order chi connectivity index (χ0) is 42.4. The molecule has 3 heterocycles. The van der Waals surface area contributed by atoms with E-state index in [2.05, 4.69) is 20.3 Å². The molecule has 318 valence electrons. The number of fused-ring (bicyclic) bond motifs is 3. The molecule has 1 saturated heterocycles. The fraction of sp³-hybridized carbons (Fsp3) is 0.615. The van der Waals surface area contributed by atoms with Gasteiger partial charge in [0.05, 0.1) is 42.2 Å². The van der Waals surface area contributed by atoms with E-state index in [0.717, 1.165) is 18.7 Å². The van der Waals surface area contributed by atoms with Gasteiger partial charge in [0.25, 0.3) is 12.3 Å². The molecule has 2 aromatic rings. The molecule has 19 heteroatoms. The fourth-order valence-corrected chi connectivity index (χ4v) is 8.63. The first-order valence-electron chi connectivity index (χ1n) is 19.3. The molecule has 2 aliphatic carbocycles. The number of sulfonamides is 1. The molecule has 58 heavy (non-hydrogen) atoms. The number of alkyl halides is 2. The molecule has 6 rings (SSSR count). The SMILES string of the molecule is CC[C@@H]1O[C@H](C)CC/C=C\[C@@H]2C[C@@]2(C(=O)NS(=O)(=O)C2(C)CC2)NC(=O)[C@@H]2C[C@@H](Oc3ncc(OC)c4ccc(F)cc34)CN2C(=O)[C@H]1NC(=O)OC(C)(C)C(F)F. The fourth-order valence-electron chi connectivity index (χ4n) is 7.32. The van der Waals surface area contributed by atoms with Crippen LogP contribution in [0.3, 0.4) is 0 Å². The van der Waals surface area contributed by atoms with Gasteiger partial charge in [0.1, 0.15) is 35.3 Å². The molecule has 3 fully saturated rings. The van der Waals surface area contributed by atoms with Crippen LogP contribution in [0.1, 0.15) is 79.6 Å². The number of alkyl carbamates (subject to hydrolysis) is 1. The number of allylic oxidation sites excluding steroid dienone is 1. The first-order chi connectivity index (χ1) is 27.2. The van der Waals surface area contributed by atoms with E-state index >= 15 is 0 Å². The number of nitrogens with zero attached hydrogens (tertiary/aromatic N) is 2. The first-order valence-corrected chi connectivity index (χ1v) is 20.8. The van der Waals surface area contributed by atoms with E-state index in [1.165, 1.54) is 38.4 Å². The topological polar surface area (TPSA) is 192 Å². The first kappa shape index (κ1) is 42.9. The van der Waals surface area contributed by atoms with Gasteiger partial charge in [-0.25, -0.2) is 31.4 Å². The Morgan fingerprint density at radius 3 is 2.57 bits per heavy atom. The second-order valence-electron chi connectivity index (χ2n) is 16.3. The van der Waals surface area contributed by atoms with Crippen LogP contribution in [-0.2, 0) is 33.9 Å². The monoisotopic (exact) mass is 837 g/mol. The van der Waals surface area contributed by atoms with Gasteiger partial charge in [0.2, 0.25) is 27.7 Å². The number of hydrogen-bond acceptors (Lipinski definition) is 11. The summed E-state index contributed by atoms with van der Waals surface area (Å²) in [6, 6.07) is 0.971. The van der Waals surface area contributed by atoms with Gasteiger partial charge in [-0.05, 0) is 84.4 Å². The third kappa shape index (κ3) is 8.70. The molecule has 4 amide bonds. The maximum atomic E-state index is 14.8. The molecule has 7 atom stereocenters. The zero-order valence-corrected chi connectivity index (χ0v) is 34.0. The number of carbonyl (C=O) groups excluding carboxylic acids is 4. The smallest absolute Gasteiger partial charge is 0.408 e. The summed E-state index contributed by atoms with van der Waals surface area (Å²) < 4.78 is 92.4. The molecule has 0 bridgehead atoms. The predicted molar refractivity (Wildman–Crippen MR) is 203 cm³/mol. The van der Waals surface area contributed by atoms with E-state index in [1.54, 1.807) is 26.0 Å². The maximum Gasteiger partial charge on any atom is 0.408 e. The molecule has 2 aliphatic heterocycles. The number of carbonyl (C=O) groups is 4. The summed E-state index contributed by atoms with van der Waals surface area (Å²) >= 11 is 0. The zero-order valence-electron chi connectivity index (χ0n) is 33.2. The van der Waals surface area contributed by atoms with E-state index in [9.17, 15) is 40.8 Å². The number of methoxy groups -OCH3 is 1. The van der Waals surface area contributed by atoms with Crippen LogP contribution in [0.15, 0.2) is 36.5 Å². The van der Waals surface area contributed by atoms with Crippen LogP contribution < -0.4 is 24.8 Å². The molecular formula is C39H50F3N5O10S. The second kappa shape index (κ2) is 16.2. The summed E-state index contributed by atoms with van der Waals surface area (Å²) in [6.07, 6.45) is -0.354. The van der Waals surface area contributed by atoms with E-state index < -0.39 is 98.3 Å². The number of nitrogens with one attached hydrogen (secondary N) is 3. The molecule has 1 aromatic carbocycles. The summed E-state index contributed by atoms with van der Waals surface area (Å²) in [5, 5.41) is 5.90. The number of rotatable bonds is 10. The van der Waals surface area contributed by atoms with Gasteiger partial charge in [-0.1, -0.05) is 19.1 Å². The quantitative estimate of drug-likeness (QED) is 0.290. The van der Waals surface area contributed by atoms with E-state index in [0.29, 0.717) is 36.8 Å². The van der Waals surface area contributed by atoms with Gasteiger partial charge < -0.3 is 34.5 Å².